The highest BCUT2D eigenvalue weighted by Gasteiger charge is 2.28. The number of aryl methyl sites for hydroxylation is 2. The second-order valence-corrected chi connectivity index (χ2v) is 7.44. The Morgan fingerprint density at radius 1 is 1.36 bits per heavy atom. The minimum atomic E-state index is -4.27. The highest BCUT2D eigenvalue weighted by atomic mass is 32.2. The van der Waals surface area contributed by atoms with E-state index in [1.54, 1.807) is 42.1 Å². The number of aromatic nitrogens is 2. The van der Waals surface area contributed by atoms with Gasteiger partial charge in [-0.25, -0.2) is 0 Å². The molecule has 0 radical (unpaired) electrons. The summed E-state index contributed by atoms with van der Waals surface area (Å²) in [4.78, 5) is 14.2. The van der Waals surface area contributed by atoms with E-state index in [4.69, 9.17) is 0 Å². The molecule has 9 heteroatoms. The summed E-state index contributed by atoms with van der Waals surface area (Å²) in [5.74, 6) is -1.35. The molecule has 0 aliphatic rings. The van der Waals surface area contributed by atoms with Crippen LogP contribution >= 0.6 is 23.1 Å². The maximum Gasteiger partial charge on any atom is 0.398 e. The SMILES string of the molecule is Cc1nn(C)c2sc(C(=O)Nc3ccccc3SCC(F)(F)F)cc12. The molecule has 0 atom stereocenters. The van der Waals surface area contributed by atoms with Gasteiger partial charge in [0.2, 0.25) is 0 Å². The number of halogens is 3. The average molecular weight is 385 g/mol. The van der Waals surface area contributed by atoms with Gasteiger partial charge in [-0.3, -0.25) is 9.48 Å². The second kappa shape index (κ2) is 6.72. The zero-order chi connectivity index (χ0) is 18.2. The van der Waals surface area contributed by atoms with Crippen LogP contribution in [0.3, 0.4) is 0 Å². The van der Waals surface area contributed by atoms with E-state index in [1.807, 2.05) is 6.92 Å². The van der Waals surface area contributed by atoms with Crippen LogP contribution in [-0.4, -0.2) is 27.6 Å². The fourth-order valence-electron chi connectivity index (χ4n) is 2.36. The molecule has 0 saturated carbocycles. The van der Waals surface area contributed by atoms with Gasteiger partial charge in [-0.05, 0) is 25.1 Å². The van der Waals surface area contributed by atoms with Crippen molar-refractivity contribution in [2.45, 2.75) is 18.0 Å². The summed E-state index contributed by atoms with van der Waals surface area (Å²) >= 11 is 1.95. The molecule has 0 fully saturated rings. The quantitative estimate of drug-likeness (QED) is 0.653. The Balaban J connectivity index is 1.81. The number of carbonyl (C=O) groups is 1. The maximum atomic E-state index is 12.5. The standard InChI is InChI=1S/C16H14F3N3OS2/c1-9-10-7-13(25-15(10)22(2)21-9)14(23)20-11-5-3-4-6-12(11)24-8-16(17,18)19/h3-7H,8H2,1-2H3,(H,20,23). The van der Waals surface area contributed by atoms with Crippen molar-refractivity contribution in [3.63, 3.8) is 0 Å². The van der Waals surface area contributed by atoms with E-state index >= 15 is 0 Å². The van der Waals surface area contributed by atoms with Crippen molar-refractivity contribution < 1.29 is 18.0 Å². The lowest BCUT2D eigenvalue weighted by Gasteiger charge is -2.11. The van der Waals surface area contributed by atoms with Gasteiger partial charge in [0.05, 0.1) is 22.0 Å². The minimum Gasteiger partial charge on any atom is -0.320 e. The normalized spacial score (nSPS) is 11.9. The smallest absolute Gasteiger partial charge is 0.320 e. The summed E-state index contributed by atoms with van der Waals surface area (Å²) < 4.78 is 39.0. The monoisotopic (exact) mass is 385 g/mol. The Labute approximate surface area is 150 Å². The molecule has 0 spiro atoms. The first-order chi connectivity index (χ1) is 11.7. The van der Waals surface area contributed by atoms with E-state index in [1.165, 1.54) is 11.3 Å². The Kier molecular flexibility index (Phi) is 4.79. The largest absolute Gasteiger partial charge is 0.398 e. The first-order valence-electron chi connectivity index (χ1n) is 7.27. The van der Waals surface area contributed by atoms with Gasteiger partial charge in [0.1, 0.15) is 4.83 Å². The van der Waals surface area contributed by atoms with Crippen LogP contribution in [0.2, 0.25) is 0 Å². The first kappa shape index (κ1) is 17.8. The molecule has 1 N–H and O–H groups in total. The number of hydrogen-bond acceptors (Lipinski definition) is 4. The number of alkyl halides is 3. The summed E-state index contributed by atoms with van der Waals surface area (Å²) in [5, 5.41) is 7.89. The number of fused-ring (bicyclic) bond motifs is 1. The van der Waals surface area contributed by atoms with Crippen LogP contribution in [0.15, 0.2) is 35.2 Å². The van der Waals surface area contributed by atoms with Crippen LogP contribution in [0.5, 0.6) is 0 Å². The average Bonchev–Trinajstić information content (AvgIpc) is 3.08. The fourth-order valence-corrected chi connectivity index (χ4v) is 4.14. The predicted octanol–water partition coefficient (Wildman–Crippen LogP) is 4.85. The molecule has 2 aromatic heterocycles. The van der Waals surface area contributed by atoms with E-state index in [9.17, 15) is 18.0 Å². The third kappa shape index (κ3) is 3.98. The Bertz CT molecular complexity index is 896. The van der Waals surface area contributed by atoms with Crippen LogP contribution < -0.4 is 5.32 Å². The second-order valence-electron chi connectivity index (χ2n) is 5.39. The van der Waals surface area contributed by atoms with Crippen LogP contribution in [0, 0.1) is 6.92 Å². The van der Waals surface area contributed by atoms with Crippen molar-refractivity contribution in [2.24, 2.45) is 7.05 Å². The molecule has 0 bridgehead atoms. The third-order valence-electron chi connectivity index (χ3n) is 3.45. The summed E-state index contributed by atoms with van der Waals surface area (Å²) in [7, 11) is 1.80. The zero-order valence-electron chi connectivity index (χ0n) is 13.3. The topological polar surface area (TPSA) is 46.9 Å². The third-order valence-corrected chi connectivity index (χ3v) is 5.79. The lowest BCUT2D eigenvalue weighted by molar-refractivity contribution is -0.105. The van der Waals surface area contributed by atoms with Crippen molar-refractivity contribution in [1.29, 1.82) is 0 Å². The molecule has 4 nitrogen and oxygen atoms in total. The van der Waals surface area contributed by atoms with Crippen LogP contribution in [-0.2, 0) is 7.05 Å². The van der Waals surface area contributed by atoms with Gasteiger partial charge >= 0.3 is 6.18 Å². The van der Waals surface area contributed by atoms with Gasteiger partial charge in [-0.1, -0.05) is 12.1 Å². The Morgan fingerprint density at radius 3 is 2.76 bits per heavy atom. The number of rotatable bonds is 4. The molecular weight excluding hydrogens is 371 g/mol. The molecular formula is C16H14F3N3OS2. The molecule has 0 saturated heterocycles. The first-order valence-corrected chi connectivity index (χ1v) is 9.08. The Morgan fingerprint density at radius 2 is 2.08 bits per heavy atom. The molecule has 3 aromatic rings. The number of amides is 1. The van der Waals surface area contributed by atoms with Crippen molar-refractivity contribution in [2.75, 3.05) is 11.1 Å². The van der Waals surface area contributed by atoms with Crippen molar-refractivity contribution >= 4 is 44.9 Å². The molecule has 3 rings (SSSR count). The van der Waals surface area contributed by atoms with Crippen LogP contribution in [0.4, 0.5) is 18.9 Å². The number of para-hydroxylation sites is 1. The van der Waals surface area contributed by atoms with Crippen molar-refractivity contribution in [3.8, 4) is 0 Å². The van der Waals surface area contributed by atoms with E-state index in [-0.39, 0.29) is 5.91 Å². The highest BCUT2D eigenvalue weighted by Crippen LogP contribution is 2.33. The van der Waals surface area contributed by atoms with Gasteiger partial charge in [0, 0.05) is 17.3 Å². The highest BCUT2D eigenvalue weighted by molar-refractivity contribution is 7.99. The van der Waals surface area contributed by atoms with Crippen molar-refractivity contribution in [1.82, 2.24) is 9.78 Å². The molecule has 0 unspecified atom stereocenters. The number of nitrogens with one attached hydrogen (secondary N) is 1. The molecule has 1 aromatic carbocycles. The predicted molar refractivity (Wildman–Crippen MR) is 94.5 cm³/mol. The number of benzene rings is 1. The van der Waals surface area contributed by atoms with Gasteiger partial charge in [-0.15, -0.1) is 23.1 Å². The lowest BCUT2D eigenvalue weighted by Crippen LogP contribution is -2.13. The molecule has 1 amide bonds. The molecule has 2 heterocycles. The molecule has 0 aliphatic carbocycles. The summed E-state index contributed by atoms with van der Waals surface area (Å²) in [6.45, 7) is 1.86. The number of thiophene rings is 1. The van der Waals surface area contributed by atoms with Gasteiger partial charge in [-0.2, -0.15) is 18.3 Å². The van der Waals surface area contributed by atoms with Crippen LogP contribution in [0.1, 0.15) is 15.4 Å². The summed E-state index contributed by atoms with van der Waals surface area (Å²) in [5.41, 5.74) is 1.20. The van der Waals surface area contributed by atoms with E-state index in [0.717, 1.165) is 15.9 Å². The Hall–Kier alpha value is -2.00. The van der Waals surface area contributed by atoms with E-state index in [2.05, 4.69) is 10.4 Å². The molecule has 0 aliphatic heterocycles. The molecule has 25 heavy (non-hydrogen) atoms. The number of hydrogen-bond donors (Lipinski definition) is 1. The lowest BCUT2D eigenvalue weighted by atomic mass is 10.3. The number of nitrogens with zero attached hydrogens (tertiary/aromatic N) is 2. The van der Waals surface area contributed by atoms with Gasteiger partial charge in [0.15, 0.2) is 0 Å². The molecule has 132 valence electrons. The minimum absolute atomic E-state index is 0.347. The van der Waals surface area contributed by atoms with Gasteiger partial charge < -0.3 is 5.32 Å². The number of thioether (sulfide) groups is 1. The van der Waals surface area contributed by atoms with Gasteiger partial charge in [0.25, 0.3) is 5.91 Å². The number of carbonyl (C=O) groups excluding carboxylic acids is 1. The number of anilines is 1. The summed E-state index contributed by atoms with van der Waals surface area (Å²) in [6.07, 6.45) is -4.27. The van der Waals surface area contributed by atoms with Crippen molar-refractivity contribution in [3.05, 3.63) is 40.9 Å². The zero-order valence-corrected chi connectivity index (χ0v) is 15.0. The maximum absolute atomic E-state index is 12.5. The summed E-state index contributed by atoms with van der Waals surface area (Å²) in [6, 6.07) is 8.22. The fraction of sp³-hybridized carbons (Fsp3) is 0.250. The van der Waals surface area contributed by atoms with Crippen LogP contribution in [0.25, 0.3) is 10.2 Å². The van der Waals surface area contributed by atoms with E-state index in [0.29, 0.717) is 27.2 Å². The van der Waals surface area contributed by atoms with E-state index < -0.39 is 11.9 Å².